The van der Waals surface area contributed by atoms with E-state index in [9.17, 15) is 15.0 Å². The number of rotatable bonds is 5. The first-order chi connectivity index (χ1) is 15.0. The van der Waals surface area contributed by atoms with Crippen LogP contribution in [0, 0.1) is 0 Å². The van der Waals surface area contributed by atoms with Crippen LogP contribution < -0.4 is 4.90 Å². The molecule has 0 spiro atoms. The average Bonchev–Trinajstić information content (AvgIpc) is 2.79. The predicted octanol–water partition coefficient (Wildman–Crippen LogP) is 5.78. The molecule has 4 rings (SSSR count). The van der Waals surface area contributed by atoms with Gasteiger partial charge >= 0.3 is 0 Å². The molecule has 1 atom stereocenters. The number of allylic oxidation sites excluding steroid dienone is 2. The number of benzene rings is 3. The molecule has 156 valence electrons. The maximum atomic E-state index is 12.6. The Kier molecular flexibility index (Phi) is 5.89. The molecule has 0 radical (unpaired) electrons. The molecule has 0 aliphatic carbocycles. The highest BCUT2D eigenvalue weighted by Crippen LogP contribution is 2.38. The number of aromatic hydroxyl groups is 2. The number of nitrogens with zero attached hydrogens (tertiary/aromatic N) is 1. The Labute approximate surface area is 182 Å². The zero-order chi connectivity index (χ0) is 21.8. The normalized spacial score (nSPS) is 16.5. The van der Waals surface area contributed by atoms with Crippen LogP contribution in [-0.4, -0.2) is 16.0 Å². The summed E-state index contributed by atoms with van der Waals surface area (Å²) in [5, 5.41) is 19.2. The molecule has 3 aromatic rings. The second kappa shape index (κ2) is 8.92. The van der Waals surface area contributed by atoms with Crippen LogP contribution in [0.1, 0.15) is 36.1 Å². The molecule has 31 heavy (non-hydrogen) atoms. The van der Waals surface area contributed by atoms with Crippen LogP contribution in [-0.2, 0) is 11.2 Å². The third-order valence-electron chi connectivity index (χ3n) is 5.53. The Morgan fingerprint density at radius 1 is 0.871 bits per heavy atom. The first-order valence-electron chi connectivity index (χ1n) is 10.4. The summed E-state index contributed by atoms with van der Waals surface area (Å²) in [5.74, 6) is 0.479. The zero-order valence-electron chi connectivity index (χ0n) is 17.4. The molecule has 0 fully saturated rings. The molecule has 2 N–H and O–H groups in total. The Morgan fingerprint density at radius 2 is 1.48 bits per heavy atom. The predicted molar refractivity (Wildman–Crippen MR) is 124 cm³/mol. The van der Waals surface area contributed by atoms with Gasteiger partial charge in [-0.15, -0.1) is 0 Å². The number of hydrogen-bond acceptors (Lipinski definition) is 4. The van der Waals surface area contributed by atoms with Gasteiger partial charge < -0.3 is 15.1 Å². The molecular weight excluding hydrogens is 386 g/mol. The van der Waals surface area contributed by atoms with Crippen molar-refractivity contribution in [2.45, 2.75) is 25.8 Å². The van der Waals surface area contributed by atoms with Gasteiger partial charge in [-0.1, -0.05) is 49.4 Å². The van der Waals surface area contributed by atoms with Gasteiger partial charge in [0.05, 0.1) is 6.04 Å². The van der Waals surface area contributed by atoms with E-state index in [1.54, 1.807) is 30.3 Å². The average molecular weight is 412 g/mol. The van der Waals surface area contributed by atoms with E-state index in [2.05, 4.69) is 36.1 Å². The Hall–Kier alpha value is -3.79. The summed E-state index contributed by atoms with van der Waals surface area (Å²) in [5.41, 5.74) is 4.95. The lowest BCUT2D eigenvalue weighted by Crippen LogP contribution is -2.33. The standard InChI is InChI=1S/C27H25NO3/c1-2-19-3-10-22(11-4-19)28-23(12-5-20-6-13-24(29)14-7-20)17-26(31)18-27(28)21-8-15-25(30)16-9-21/h3-17,27,29-30H,2,18H2,1H3/b12-5+. The lowest BCUT2D eigenvalue weighted by atomic mass is 9.93. The quantitative estimate of drug-likeness (QED) is 0.559. The van der Waals surface area contributed by atoms with E-state index in [1.807, 2.05) is 36.4 Å². The zero-order valence-corrected chi connectivity index (χ0v) is 17.4. The molecule has 3 aromatic carbocycles. The van der Waals surface area contributed by atoms with Gasteiger partial charge in [-0.05, 0) is 65.6 Å². The van der Waals surface area contributed by atoms with Crippen molar-refractivity contribution in [3.8, 4) is 11.5 Å². The highest BCUT2D eigenvalue weighted by molar-refractivity contribution is 5.94. The maximum Gasteiger partial charge on any atom is 0.160 e. The summed E-state index contributed by atoms with van der Waals surface area (Å²) in [6.07, 6.45) is 6.87. The molecule has 1 aliphatic heterocycles. The smallest absolute Gasteiger partial charge is 0.160 e. The maximum absolute atomic E-state index is 12.6. The van der Waals surface area contributed by atoms with E-state index in [-0.39, 0.29) is 23.3 Å². The van der Waals surface area contributed by atoms with Crippen molar-refractivity contribution < 1.29 is 15.0 Å². The number of carbonyl (C=O) groups excluding carboxylic acids is 1. The Balaban J connectivity index is 1.76. The van der Waals surface area contributed by atoms with Gasteiger partial charge in [-0.3, -0.25) is 4.79 Å². The number of aryl methyl sites for hydroxylation is 1. The topological polar surface area (TPSA) is 60.8 Å². The number of ketones is 1. The van der Waals surface area contributed by atoms with Crippen molar-refractivity contribution in [3.63, 3.8) is 0 Å². The van der Waals surface area contributed by atoms with Gasteiger partial charge in [0.2, 0.25) is 0 Å². The van der Waals surface area contributed by atoms with Crippen LogP contribution in [0.4, 0.5) is 5.69 Å². The first kappa shape index (κ1) is 20.5. The first-order valence-corrected chi connectivity index (χ1v) is 10.4. The molecule has 0 amide bonds. The summed E-state index contributed by atoms with van der Waals surface area (Å²) in [6.45, 7) is 2.12. The van der Waals surface area contributed by atoms with Crippen LogP contribution in [0.3, 0.4) is 0 Å². The summed E-state index contributed by atoms with van der Waals surface area (Å²) in [4.78, 5) is 14.8. The van der Waals surface area contributed by atoms with E-state index in [4.69, 9.17) is 0 Å². The largest absolute Gasteiger partial charge is 0.508 e. The van der Waals surface area contributed by atoms with E-state index >= 15 is 0 Å². The number of phenols is 2. The van der Waals surface area contributed by atoms with Crippen LogP contribution in [0.5, 0.6) is 11.5 Å². The van der Waals surface area contributed by atoms with E-state index < -0.39 is 0 Å². The minimum atomic E-state index is -0.176. The lowest BCUT2D eigenvalue weighted by molar-refractivity contribution is -0.115. The monoisotopic (exact) mass is 411 g/mol. The minimum Gasteiger partial charge on any atom is -0.508 e. The van der Waals surface area contributed by atoms with Gasteiger partial charge in [-0.2, -0.15) is 0 Å². The number of carbonyl (C=O) groups is 1. The highest BCUT2D eigenvalue weighted by Gasteiger charge is 2.29. The van der Waals surface area contributed by atoms with E-state index in [0.717, 1.165) is 28.9 Å². The molecule has 1 aliphatic rings. The van der Waals surface area contributed by atoms with Gasteiger partial charge in [-0.25, -0.2) is 0 Å². The molecule has 4 nitrogen and oxygen atoms in total. The fraction of sp³-hybridized carbons (Fsp3) is 0.148. The Morgan fingerprint density at radius 3 is 2.10 bits per heavy atom. The van der Waals surface area contributed by atoms with Gasteiger partial charge in [0.1, 0.15) is 11.5 Å². The van der Waals surface area contributed by atoms with Crippen molar-refractivity contribution in [2.24, 2.45) is 0 Å². The highest BCUT2D eigenvalue weighted by atomic mass is 16.3. The van der Waals surface area contributed by atoms with Gasteiger partial charge in [0.15, 0.2) is 5.78 Å². The second-order valence-corrected chi connectivity index (χ2v) is 7.66. The molecule has 0 bridgehead atoms. The fourth-order valence-corrected chi connectivity index (χ4v) is 3.84. The van der Waals surface area contributed by atoms with Crippen molar-refractivity contribution in [1.29, 1.82) is 0 Å². The summed E-state index contributed by atoms with van der Waals surface area (Å²) in [7, 11) is 0. The number of hydrogen-bond donors (Lipinski definition) is 2. The fourth-order valence-electron chi connectivity index (χ4n) is 3.84. The number of phenolic OH excluding ortho intramolecular Hbond substituents is 2. The van der Waals surface area contributed by atoms with Gasteiger partial charge in [0.25, 0.3) is 0 Å². The molecule has 0 saturated carbocycles. The Bertz CT molecular complexity index is 1110. The SMILES string of the molecule is CCc1ccc(N2C(/C=C/c3ccc(O)cc3)=CC(=O)CC2c2ccc(O)cc2)cc1. The third-order valence-corrected chi connectivity index (χ3v) is 5.53. The third kappa shape index (κ3) is 4.69. The minimum absolute atomic E-state index is 0.0601. The van der Waals surface area contributed by atoms with Crippen molar-refractivity contribution >= 4 is 17.5 Å². The second-order valence-electron chi connectivity index (χ2n) is 7.66. The van der Waals surface area contributed by atoms with Crippen LogP contribution in [0.25, 0.3) is 6.08 Å². The molecule has 1 unspecified atom stereocenters. The van der Waals surface area contributed by atoms with E-state index in [0.29, 0.717) is 6.42 Å². The van der Waals surface area contributed by atoms with Crippen LogP contribution in [0.15, 0.2) is 90.6 Å². The molecule has 1 heterocycles. The van der Waals surface area contributed by atoms with Crippen LogP contribution >= 0.6 is 0 Å². The molecular formula is C27H25NO3. The molecule has 0 saturated heterocycles. The van der Waals surface area contributed by atoms with E-state index in [1.165, 1.54) is 5.56 Å². The van der Waals surface area contributed by atoms with Crippen molar-refractivity contribution in [3.05, 3.63) is 107 Å². The summed E-state index contributed by atoms with van der Waals surface area (Å²) < 4.78 is 0. The number of anilines is 1. The lowest BCUT2D eigenvalue weighted by Gasteiger charge is -2.37. The van der Waals surface area contributed by atoms with Crippen LogP contribution in [0.2, 0.25) is 0 Å². The van der Waals surface area contributed by atoms with Crippen molar-refractivity contribution in [1.82, 2.24) is 0 Å². The van der Waals surface area contributed by atoms with Gasteiger partial charge in [0, 0.05) is 23.9 Å². The summed E-state index contributed by atoms with van der Waals surface area (Å²) >= 11 is 0. The molecule has 0 aromatic heterocycles. The van der Waals surface area contributed by atoms with Crippen molar-refractivity contribution in [2.75, 3.05) is 4.90 Å². The summed E-state index contributed by atoms with van der Waals surface area (Å²) in [6, 6.07) is 22.2. The molecule has 4 heteroatoms.